The first-order valence-electron chi connectivity index (χ1n) is 14.4. The van der Waals surface area contributed by atoms with Crippen molar-refractivity contribution in [3.8, 4) is 0 Å². The summed E-state index contributed by atoms with van der Waals surface area (Å²) in [4.78, 5) is 45.4. The van der Waals surface area contributed by atoms with Crippen molar-refractivity contribution in [3.05, 3.63) is 61.5 Å². The quantitative estimate of drug-likeness (QED) is 0.453. The molecule has 2 aromatic rings. The fraction of sp³-hybridized carbons (Fsp3) is 0.500. The van der Waals surface area contributed by atoms with Gasteiger partial charge in [-0.3, -0.25) is 19.3 Å². The van der Waals surface area contributed by atoms with Gasteiger partial charge in [-0.1, -0.05) is 46.4 Å². The molecule has 14 heteroatoms. The van der Waals surface area contributed by atoms with Gasteiger partial charge in [0.1, 0.15) is 0 Å². The second-order valence-electron chi connectivity index (χ2n) is 11.7. The van der Waals surface area contributed by atoms with E-state index < -0.39 is 5.60 Å². The van der Waals surface area contributed by atoms with Crippen LogP contribution in [0.5, 0.6) is 0 Å². The van der Waals surface area contributed by atoms with Crippen molar-refractivity contribution in [2.24, 2.45) is 0 Å². The summed E-state index contributed by atoms with van der Waals surface area (Å²) in [7, 11) is 0. The van der Waals surface area contributed by atoms with Crippen molar-refractivity contribution < 1.29 is 19.5 Å². The van der Waals surface area contributed by atoms with Gasteiger partial charge in [0.2, 0.25) is 5.91 Å². The Morgan fingerprint density at radius 1 is 0.818 bits per heavy atom. The number of piperidine rings is 1. The van der Waals surface area contributed by atoms with E-state index in [1.54, 1.807) is 45.0 Å². The number of rotatable bonds is 6. The number of aliphatic hydroxyl groups is 1. The molecule has 2 aromatic carbocycles. The van der Waals surface area contributed by atoms with E-state index in [2.05, 4.69) is 10.2 Å². The normalized spacial score (nSPS) is 19.6. The summed E-state index contributed by atoms with van der Waals surface area (Å²) < 4.78 is 0. The number of likely N-dealkylation sites (tertiary alicyclic amines) is 2. The van der Waals surface area contributed by atoms with Gasteiger partial charge in [0.05, 0.1) is 21.7 Å². The Hall–Kier alpha value is -1.92. The third kappa shape index (κ3) is 7.54. The number of carbonyl (C=O) groups excluding carboxylic acids is 3. The van der Waals surface area contributed by atoms with Crippen LogP contribution < -0.4 is 5.32 Å². The molecule has 3 aliphatic heterocycles. The number of amides is 3. The molecule has 3 saturated heterocycles. The van der Waals surface area contributed by atoms with Crippen LogP contribution in [0.15, 0.2) is 30.3 Å². The first kappa shape index (κ1) is 34.9. The molecule has 5 rings (SSSR count). The van der Waals surface area contributed by atoms with E-state index in [4.69, 9.17) is 46.4 Å². The van der Waals surface area contributed by atoms with Crippen molar-refractivity contribution in [3.63, 3.8) is 0 Å². The molecule has 0 aliphatic carbocycles. The Morgan fingerprint density at radius 2 is 1.34 bits per heavy atom. The van der Waals surface area contributed by atoms with Gasteiger partial charge >= 0.3 is 0 Å². The maximum absolute atomic E-state index is 13.2. The lowest BCUT2D eigenvalue weighted by Gasteiger charge is -2.48. The van der Waals surface area contributed by atoms with Crippen LogP contribution in [-0.4, -0.2) is 107 Å². The van der Waals surface area contributed by atoms with E-state index in [9.17, 15) is 19.5 Å². The Balaban J connectivity index is 0.00000442. The summed E-state index contributed by atoms with van der Waals surface area (Å²) in [5, 5.41) is 15.8. The zero-order chi connectivity index (χ0) is 31.1. The maximum atomic E-state index is 13.2. The minimum absolute atomic E-state index is 0. The van der Waals surface area contributed by atoms with E-state index in [1.807, 2.05) is 0 Å². The van der Waals surface area contributed by atoms with Gasteiger partial charge in [-0.2, -0.15) is 13.5 Å². The fourth-order valence-electron chi connectivity index (χ4n) is 6.08. The first-order valence-corrected chi connectivity index (χ1v) is 15.9. The van der Waals surface area contributed by atoms with E-state index in [-0.39, 0.29) is 52.9 Å². The van der Waals surface area contributed by atoms with Crippen LogP contribution in [0.1, 0.15) is 42.6 Å². The zero-order valence-corrected chi connectivity index (χ0v) is 28.6. The third-order valence-electron chi connectivity index (χ3n) is 8.66. The fourth-order valence-corrected chi connectivity index (χ4v) is 7.26. The topological polar surface area (TPSA) is 96.4 Å². The van der Waals surface area contributed by atoms with Crippen LogP contribution in [-0.2, 0) is 15.2 Å². The summed E-state index contributed by atoms with van der Waals surface area (Å²) in [6.07, 6.45) is 1.61. The number of benzene rings is 2. The Kier molecular flexibility index (Phi) is 11.3. The Labute approximate surface area is 284 Å². The molecule has 0 aromatic heterocycles. The highest BCUT2D eigenvalue weighted by Crippen LogP contribution is 2.33. The van der Waals surface area contributed by atoms with Gasteiger partial charge in [0.25, 0.3) is 11.8 Å². The number of hydrogen-bond acceptors (Lipinski definition) is 6. The smallest absolute Gasteiger partial charge is 0.258 e. The number of piperazine rings is 1. The van der Waals surface area contributed by atoms with Crippen LogP contribution in [0, 0.1) is 0 Å². The summed E-state index contributed by atoms with van der Waals surface area (Å²) in [5.74, 6) is -0.595. The van der Waals surface area contributed by atoms with Crippen molar-refractivity contribution in [2.45, 2.75) is 44.4 Å². The van der Waals surface area contributed by atoms with Gasteiger partial charge in [0.15, 0.2) is 5.60 Å². The molecule has 3 fully saturated rings. The van der Waals surface area contributed by atoms with Gasteiger partial charge in [-0.15, -0.1) is 0 Å². The lowest BCUT2D eigenvalue weighted by Crippen LogP contribution is -2.61. The summed E-state index contributed by atoms with van der Waals surface area (Å²) >= 11 is 25.3. The van der Waals surface area contributed by atoms with Crippen molar-refractivity contribution in [2.75, 3.05) is 57.7 Å². The molecule has 0 spiro atoms. The SMILES string of the molecule is CC(=O)N1CCN(C(=O)c2c(Cl)cc(NC3CN(C4CCN(C(=O)[C@@](C)(O)c5cc(Cl)cc(Cl)c5)CC4)C3)cc2Cl)CC1.S. The molecule has 240 valence electrons. The van der Waals surface area contributed by atoms with E-state index >= 15 is 0 Å². The largest absolute Gasteiger partial charge is 0.380 e. The van der Waals surface area contributed by atoms with Crippen molar-refractivity contribution in [1.82, 2.24) is 19.6 Å². The van der Waals surface area contributed by atoms with Gasteiger partial charge in [-0.05, 0) is 55.7 Å². The minimum atomic E-state index is -1.72. The first-order chi connectivity index (χ1) is 20.3. The summed E-state index contributed by atoms with van der Waals surface area (Å²) in [6, 6.07) is 8.70. The Morgan fingerprint density at radius 3 is 1.86 bits per heavy atom. The molecular formula is C30H37Cl4N5O4S. The number of nitrogens with one attached hydrogen (secondary N) is 1. The van der Waals surface area contributed by atoms with Crippen LogP contribution >= 0.6 is 59.9 Å². The van der Waals surface area contributed by atoms with E-state index in [0.29, 0.717) is 60.9 Å². The molecule has 0 bridgehead atoms. The average Bonchev–Trinajstić information content (AvgIpc) is 2.93. The third-order valence-corrected chi connectivity index (χ3v) is 9.69. The molecule has 3 heterocycles. The van der Waals surface area contributed by atoms with Gasteiger partial charge in [0, 0.05) is 81.1 Å². The predicted octanol–water partition coefficient (Wildman–Crippen LogP) is 4.71. The molecular weight excluding hydrogens is 668 g/mol. The monoisotopic (exact) mass is 703 g/mol. The number of halogens is 4. The Bertz CT molecular complexity index is 1360. The molecule has 0 saturated carbocycles. The standard InChI is InChI=1S/C30H35Cl4N5O4.H2S/c1-18(40)36-7-9-37(10-8-36)28(41)27-25(33)14-22(15-26(27)34)35-23-16-39(17-23)24-3-5-38(6-4-24)29(42)30(2,43)19-11-20(31)13-21(32)12-19;/h11-15,23-24,35,43H,3-10,16-17H2,1-2H3;1H2/t30-;/m0./s1. The molecule has 3 amide bonds. The highest BCUT2D eigenvalue weighted by Gasteiger charge is 2.40. The molecule has 44 heavy (non-hydrogen) atoms. The predicted molar refractivity (Wildman–Crippen MR) is 180 cm³/mol. The van der Waals surface area contributed by atoms with Crippen molar-refractivity contribution in [1.29, 1.82) is 0 Å². The summed E-state index contributed by atoms with van der Waals surface area (Å²) in [6.45, 7) is 7.61. The molecule has 3 aliphatic rings. The number of nitrogens with zero attached hydrogens (tertiary/aromatic N) is 4. The lowest BCUT2D eigenvalue weighted by atomic mass is 9.92. The molecule has 2 N–H and O–H groups in total. The van der Waals surface area contributed by atoms with Gasteiger partial charge in [-0.25, -0.2) is 0 Å². The molecule has 1 atom stereocenters. The molecule has 0 unspecified atom stereocenters. The highest BCUT2D eigenvalue weighted by molar-refractivity contribution is 7.59. The molecule has 9 nitrogen and oxygen atoms in total. The maximum Gasteiger partial charge on any atom is 0.258 e. The highest BCUT2D eigenvalue weighted by atomic mass is 35.5. The molecule has 0 radical (unpaired) electrons. The van der Waals surface area contributed by atoms with Crippen LogP contribution in [0.25, 0.3) is 0 Å². The van der Waals surface area contributed by atoms with Crippen molar-refractivity contribution >= 4 is 83.3 Å². The minimum Gasteiger partial charge on any atom is -0.380 e. The van der Waals surface area contributed by atoms with Crippen LogP contribution in [0.3, 0.4) is 0 Å². The number of hydrogen-bond donors (Lipinski definition) is 2. The van der Waals surface area contributed by atoms with Crippen LogP contribution in [0.2, 0.25) is 20.1 Å². The lowest BCUT2D eigenvalue weighted by molar-refractivity contribution is -0.152. The summed E-state index contributed by atoms with van der Waals surface area (Å²) in [5.41, 5.74) is -0.320. The number of carbonyl (C=O) groups is 3. The van der Waals surface area contributed by atoms with Gasteiger partial charge < -0.3 is 25.1 Å². The van der Waals surface area contributed by atoms with E-state index in [1.165, 1.54) is 13.8 Å². The van der Waals surface area contributed by atoms with Crippen LogP contribution in [0.4, 0.5) is 5.69 Å². The zero-order valence-electron chi connectivity index (χ0n) is 24.6. The second-order valence-corrected chi connectivity index (χ2v) is 13.3. The second kappa shape index (κ2) is 14.2. The number of anilines is 1. The van der Waals surface area contributed by atoms with E-state index in [0.717, 1.165) is 31.6 Å². The average molecular weight is 706 g/mol.